The fraction of sp³-hybridized carbons (Fsp3) is 1.00. The van der Waals surface area contributed by atoms with Crippen LogP contribution in [0.25, 0.3) is 0 Å². The summed E-state index contributed by atoms with van der Waals surface area (Å²) in [5.41, 5.74) is 0. The topological polar surface area (TPSA) is 0 Å². The van der Waals surface area contributed by atoms with Crippen molar-refractivity contribution in [2.75, 3.05) is 32.5 Å². The summed E-state index contributed by atoms with van der Waals surface area (Å²) in [6.07, 6.45) is 29.3. The Morgan fingerprint density at radius 2 is 0.724 bits per heavy atom. The van der Waals surface area contributed by atoms with Crippen LogP contribution in [0.5, 0.6) is 0 Å². The summed E-state index contributed by atoms with van der Waals surface area (Å²) in [5, 5.41) is 1.12. The van der Waals surface area contributed by atoms with Gasteiger partial charge in [0.1, 0.15) is 0 Å². The number of quaternary nitrogens is 1. The van der Waals surface area contributed by atoms with Crippen LogP contribution in [0, 0.1) is 0 Å². The smallest absolute Gasteiger partial charge is 0.0880 e. The molecule has 0 spiro atoms. The first kappa shape index (κ1) is 32.1. The Bertz CT molecular complexity index is 294. The minimum Gasteiger partial charge on any atom is -1.00 e. The van der Waals surface area contributed by atoms with Crippen molar-refractivity contribution in [3.63, 3.8) is 0 Å². The molecule has 0 radical (unpaired) electrons. The number of rotatable bonds is 23. The lowest BCUT2D eigenvalue weighted by atomic mass is 10.0. The van der Waals surface area contributed by atoms with Crippen molar-refractivity contribution in [1.29, 1.82) is 0 Å². The van der Waals surface area contributed by atoms with Gasteiger partial charge in [-0.1, -0.05) is 138 Å². The highest BCUT2D eigenvalue weighted by atomic mass is 79.9. The molecule has 0 amide bonds. The molecule has 0 aliphatic heterocycles. The predicted octanol–water partition coefficient (Wildman–Crippen LogP) is 6.28. The molecule has 0 saturated carbocycles. The van der Waals surface area contributed by atoms with Crippen LogP contribution < -0.4 is 17.0 Å². The Morgan fingerprint density at radius 1 is 0.448 bits per heavy atom. The molecule has 0 heterocycles. The van der Waals surface area contributed by atoms with Gasteiger partial charge in [0.2, 0.25) is 0 Å². The number of hydrogen-bond donors (Lipinski definition) is 0. The molecule has 0 aromatic heterocycles. The van der Waals surface area contributed by atoms with Crippen molar-refractivity contribution < 1.29 is 21.5 Å². The van der Waals surface area contributed by atoms with Crippen molar-refractivity contribution >= 4 is 15.9 Å². The van der Waals surface area contributed by atoms with Crippen molar-refractivity contribution in [1.82, 2.24) is 0 Å². The summed E-state index contributed by atoms with van der Waals surface area (Å²) in [7, 11) is 4.72. The van der Waals surface area contributed by atoms with E-state index in [4.69, 9.17) is 0 Å². The van der Waals surface area contributed by atoms with Gasteiger partial charge in [0.15, 0.2) is 0 Å². The second-order valence-electron chi connectivity index (χ2n) is 9.79. The zero-order chi connectivity index (χ0) is 20.8. The highest BCUT2D eigenvalue weighted by Crippen LogP contribution is 2.15. The van der Waals surface area contributed by atoms with E-state index < -0.39 is 0 Å². The molecule has 178 valence electrons. The monoisotopic (exact) mass is 539 g/mol. The quantitative estimate of drug-likeness (QED) is 0.0811. The maximum Gasteiger partial charge on any atom is 0.0880 e. The summed E-state index contributed by atoms with van der Waals surface area (Å²) in [4.78, 5) is 0. The van der Waals surface area contributed by atoms with E-state index >= 15 is 0 Å². The lowest BCUT2D eigenvalue weighted by Gasteiger charge is -2.29. The number of alkyl halides is 1. The molecule has 0 aromatic carbocycles. The number of unbranched alkanes of at least 4 members (excludes halogenated alkanes) is 19. The molecule has 29 heavy (non-hydrogen) atoms. The van der Waals surface area contributed by atoms with Crippen LogP contribution in [0.3, 0.4) is 0 Å². The average molecular weight is 542 g/mol. The van der Waals surface area contributed by atoms with Gasteiger partial charge < -0.3 is 21.5 Å². The van der Waals surface area contributed by atoms with E-state index in [2.05, 4.69) is 36.9 Å². The standard InChI is InChI=1S/C26H55BrN.BrH/c1-4-5-6-7-8-9-10-11-12-13-14-15-16-17-18-19-20-21-22-23-25-28(2,3)26-24-27;/h4-26H2,1-3H3;1H/q+1;/p-1. The van der Waals surface area contributed by atoms with Gasteiger partial charge in [-0.15, -0.1) is 0 Å². The molecule has 0 aromatic rings. The van der Waals surface area contributed by atoms with E-state index in [0.29, 0.717) is 0 Å². The fourth-order valence-corrected chi connectivity index (χ4v) is 5.10. The zero-order valence-corrected chi connectivity index (χ0v) is 23.6. The number of nitrogens with zero attached hydrogens (tertiary/aromatic N) is 1. The molecule has 0 aliphatic rings. The van der Waals surface area contributed by atoms with Crippen molar-refractivity contribution in [2.45, 2.75) is 135 Å². The summed E-state index contributed by atoms with van der Waals surface area (Å²) in [6.45, 7) is 4.89. The Balaban J connectivity index is 0. The number of hydrogen-bond acceptors (Lipinski definition) is 0. The molecule has 0 bridgehead atoms. The molecule has 0 aliphatic carbocycles. The summed E-state index contributed by atoms with van der Waals surface area (Å²) >= 11 is 3.57. The molecule has 0 unspecified atom stereocenters. The van der Waals surface area contributed by atoms with Crippen molar-refractivity contribution in [3.8, 4) is 0 Å². The first-order valence-electron chi connectivity index (χ1n) is 13.0. The predicted molar refractivity (Wildman–Crippen MR) is 134 cm³/mol. The van der Waals surface area contributed by atoms with Gasteiger partial charge in [-0.2, -0.15) is 0 Å². The Morgan fingerprint density at radius 3 is 1.00 bits per heavy atom. The lowest BCUT2D eigenvalue weighted by Crippen LogP contribution is -3.00. The Labute approximate surface area is 204 Å². The normalized spacial score (nSPS) is 11.6. The number of halogens is 2. The van der Waals surface area contributed by atoms with Gasteiger partial charge in [0.05, 0.1) is 32.5 Å². The summed E-state index contributed by atoms with van der Waals surface area (Å²) in [6, 6.07) is 0. The largest absolute Gasteiger partial charge is 1.00 e. The van der Waals surface area contributed by atoms with E-state index in [1.807, 2.05) is 0 Å². The van der Waals surface area contributed by atoms with Crippen LogP contribution in [0.1, 0.15) is 135 Å². The molecule has 0 atom stereocenters. The summed E-state index contributed by atoms with van der Waals surface area (Å²) in [5.74, 6) is 0. The van der Waals surface area contributed by atoms with E-state index in [0.717, 1.165) is 5.33 Å². The highest BCUT2D eigenvalue weighted by molar-refractivity contribution is 9.09. The van der Waals surface area contributed by atoms with Gasteiger partial charge in [-0.05, 0) is 12.8 Å². The maximum absolute atomic E-state index is 3.57. The van der Waals surface area contributed by atoms with Crippen molar-refractivity contribution in [2.24, 2.45) is 0 Å². The van der Waals surface area contributed by atoms with E-state index in [1.54, 1.807) is 0 Å². The fourth-order valence-electron chi connectivity index (χ4n) is 4.14. The third-order valence-corrected chi connectivity index (χ3v) is 6.66. The SMILES string of the molecule is CCCCCCCCCCCCCCCCCCCCCC[N+](C)(C)CCBr.[Br-]. The van der Waals surface area contributed by atoms with E-state index in [1.165, 1.54) is 146 Å². The average Bonchev–Trinajstić information content (AvgIpc) is 2.66. The second-order valence-corrected chi connectivity index (χ2v) is 10.6. The maximum atomic E-state index is 3.57. The Hall–Kier alpha value is 0.920. The van der Waals surface area contributed by atoms with Gasteiger partial charge >= 0.3 is 0 Å². The van der Waals surface area contributed by atoms with Crippen LogP contribution in [-0.4, -0.2) is 37.0 Å². The van der Waals surface area contributed by atoms with Crippen LogP contribution in [0.2, 0.25) is 0 Å². The van der Waals surface area contributed by atoms with Crippen LogP contribution >= 0.6 is 15.9 Å². The minimum absolute atomic E-state index is 0. The Kier molecular flexibility index (Phi) is 27.9. The van der Waals surface area contributed by atoms with Gasteiger partial charge in [-0.3, -0.25) is 0 Å². The molecule has 0 N–H and O–H groups in total. The molecular weight excluding hydrogens is 486 g/mol. The second kappa shape index (κ2) is 25.2. The van der Waals surface area contributed by atoms with Crippen LogP contribution in [-0.2, 0) is 0 Å². The molecule has 0 fully saturated rings. The molecule has 0 saturated heterocycles. The van der Waals surface area contributed by atoms with E-state index in [9.17, 15) is 0 Å². The first-order valence-corrected chi connectivity index (χ1v) is 14.1. The lowest BCUT2D eigenvalue weighted by molar-refractivity contribution is -0.887. The van der Waals surface area contributed by atoms with Gasteiger partial charge in [0.25, 0.3) is 0 Å². The van der Waals surface area contributed by atoms with Crippen LogP contribution in [0.4, 0.5) is 0 Å². The highest BCUT2D eigenvalue weighted by Gasteiger charge is 2.12. The molecular formula is C26H55Br2N. The van der Waals surface area contributed by atoms with Gasteiger partial charge in [0, 0.05) is 0 Å². The zero-order valence-electron chi connectivity index (χ0n) is 20.5. The minimum atomic E-state index is 0. The third kappa shape index (κ3) is 26.9. The van der Waals surface area contributed by atoms with Crippen LogP contribution in [0.15, 0.2) is 0 Å². The van der Waals surface area contributed by atoms with Crippen molar-refractivity contribution in [3.05, 3.63) is 0 Å². The summed E-state index contributed by atoms with van der Waals surface area (Å²) < 4.78 is 1.17. The molecule has 1 nitrogen and oxygen atoms in total. The first-order chi connectivity index (χ1) is 13.6. The van der Waals surface area contributed by atoms with Gasteiger partial charge in [-0.25, -0.2) is 0 Å². The molecule has 3 heteroatoms. The van der Waals surface area contributed by atoms with E-state index in [-0.39, 0.29) is 17.0 Å². The third-order valence-electron chi connectivity index (χ3n) is 6.31. The molecule has 0 rings (SSSR count).